The first kappa shape index (κ1) is 28.3. The number of alkyl halides is 3. The van der Waals surface area contributed by atoms with Gasteiger partial charge in [0.15, 0.2) is 12.9 Å². The lowest BCUT2D eigenvalue weighted by atomic mass is 9.99. The standard InChI is InChI=1S/C30H34F4O4/c1-2-3-4-5-16-35-26-18-36-29(37-19-26)24-12-15-27-23(17-24)11-10-22(28(27)31)9-6-21-7-13-25(14-8-21)38-20-30(32,33)34/h7-8,10-15,17,26,29H,2-6,9,16,18-20H2,1H3. The molecule has 1 saturated heterocycles. The van der Waals surface area contributed by atoms with Gasteiger partial charge >= 0.3 is 6.18 Å². The van der Waals surface area contributed by atoms with E-state index in [9.17, 15) is 13.2 Å². The summed E-state index contributed by atoms with van der Waals surface area (Å²) >= 11 is 0. The molecule has 38 heavy (non-hydrogen) atoms. The molecule has 0 bridgehead atoms. The van der Waals surface area contributed by atoms with Gasteiger partial charge < -0.3 is 18.9 Å². The number of ether oxygens (including phenoxy) is 4. The Bertz CT molecular complexity index is 1160. The Morgan fingerprint density at radius 2 is 1.66 bits per heavy atom. The van der Waals surface area contributed by atoms with E-state index in [1.807, 2.05) is 18.2 Å². The summed E-state index contributed by atoms with van der Waals surface area (Å²) in [4.78, 5) is 0. The van der Waals surface area contributed by atoms with Crippen molar-refractivity contribution in [3.05, 3.63) is 77.1 Å². The summed E-state index contributed by atoms with van der Waals surface area (Å²) in [6, 6.07) is 15.5. The van der Waals surface area contributed by atoms with Crippen molar-refractivity contribution in [2.24, 2.45) is 0 Å². The molecule has 4 rings (SSSR count). The highest BCUT2D eigenvalue weighted by molar-refractivity contribution is 5.84. The summed E-state index contributed by atoms with van der Waals surface area (Å²) in [6.45, 7) is 2.47. The Morgan fingerprint density at radius 3 is 2.37 bits per heavy atom. The molecule has 4 nitrogen and oxygen atoms in total. The predicted molar refractivity (Wildman–Crippen MR) is 138 cm³/mol. The van der Waals surface area contributed by atoms with Crippen molar-refractivity contribution in [1.29, 1.82) is 0 Å². The highest BCUT2D eigenvalue weighted by Crippen LogP contribution is 2.30. The minimum atomic E-state index is -4.38. The molecular weight excluding hydrogens is 500 g/mol. The van der Waals surface area contributed by atoms with Crippen LogP contribution in [0.15, 0.2) is 54.6 Å². The van der Waals surface area contributed by atoms with Gasteiger partial charge in [0.1, 0.15) is 17.7 Å². The van der Waals surface area contributed by atoms with Crippen molar-refractivity contribution in [2.75, 3.05) is 26.4 Å². The number of benzene rings is 3. The number of rotatable bonds is 12. The van der Waals surface area contributed by atoms with Crippen molar-refractivity contribution in [3.8, 4) is 5.75 Å². The molecule has 206 valence electrons. The molecule has 0 unspecified atom stereocenters. The average Bonchev–Trinajstić information content (AvgIpc) is 2.92. The van der Waals surface area contributed by atoms with Crippen LogP contribution in [-0.2, 0) is 27.1 Å². The summed E-state index contributed by atoms with van der Waals surface area (Å²) in [5, 5.41) is 1.28. The van der Waals surface area contributed by atoms with Crippen LogP contribution in [0.2, 0.25) is 0 Å². The second kappa shape index (κ2) is 13.4. The van der Waals surface area contributed by atoms with Gasteiger partial charge in [-0.1, -0.05) is 62.6 Å². The van der Waals surface area contributed by atoms with Crippen LogP contribution in [0, 0.1) is 5.82 Å². The topological polar surface area (TPSA) is 36.9 Å². The van der Waals surface area contributed by atoms with Crippen LogP contribution in [0.4, 0.5) is 17.6 Å². The number of aryl methyl sites for hydroxylation is 2. The Hall–Kier alpha value is -2.68. The molecule has 0 radical (unpaired) electrons. The van der Waals surface area contributed by atoms with E-state index in [0.717, 1.165) is 22.9 Å². The third-order valence-electron chi connectivity index (χ3n) is 6.56. The highest BCUT2D eigenvalue weighted by atomic mass is 19.4. The third kappa shape index (κ3) is 8.16. The van der Waals surface area contributed by atoms with E-state index in [0.29, 0.717) is 43.6 Å². The van der Waals surface area contributed by atoms with Gasteiger partial charge in [0.05, 0.1) is 13.2 Å². The van der Waals surface area contributed by atoms with Crippen LogP contribution in [0.5, 0.6) is 5.75 Å². The highest BCUT2D eigenvalue weighted by Gasteiger charge is 2.28. The number of fused-ring (bicyclic) bond motifs is 1. The van der Waals surface area contributed by atoms with Gasteiger partial charge in [0, 0.05) is 17.6 Å². The van der Waals surface area contributed by atoms with Gasteiger partial charge in [-0.2, -0.15) is 13.2 Å². The van der Waals surface area contributed by atoms with E-state index in [1.165, 1.54) is 31.4 Å². The zero-order valence-electron chi connectivity index (χ0n) is 21.6. The summed E-state index contributed by atoms with van der Waals surface area (Å²) in [5.41, 5.74) is 2.29. The van der Waals surface area contributed by atoms with E-state index < -0.39 is 19.1 Å². The Balaban J connectivity index is 1.30. The number of halogens is 4. The zero-order chi connectivity index (χ0) is 27.0. The van der Waals surface area contributed by atoms with Crippen LogP contribution in [0.3, 0.4) is 0 Å². The van der Waals surface area contributed by atoms with Crippen LogP contribution in [0.1, 0.15) is 55.6 Å². The lowest BCUT2D eigenvalue weighted by Gasteiger charge is -2.29. The SMILES string of the molecule is CCCCCCOC1COC(c2ccc3c(F)c(CCc4ccc(OCC(F)(F)F)cc4)ccc3c2)OC1. The number of hydrogen-bond acceptors (Lipinski definition) is 4. The largest absolute Gasteiger partial charge is 0.484 e. The third-order valence-corrected chi connectivity index (χ3v) is 6.56. The summed E-state index contributed by atoms with van der Waals surface area (Å²) in [6.07, 6.45) is 0.660. The predicted octanol–water partition coefficient (Wildman–Crippen LogP) is 7.72. The smallest absolute Gasteiger partial charge is 0.422 e. The Kier molecular flexibility index (Phi) is 9.99. The number of hydrogen-bond donors (Lipinski definition) is 0. The molecule has 0 N–H and O–H groups in total. The second-order valence-electron chi connectivity index (χ2n) is 9.62. The molecule has 1 heterocycles. The average molecular weight is 535 g/mol. The fourth-order valence-corrected chi connectivity index (χ4v) is 4.44. The Morgan fingerprint density at radius 1 is 0.895 bits per heavy atom. The molecule has 1 aliphatic heterocycles. The van der Waals surface area contributed by atoms with Gasteiger partial charge in [-0.3, -0.25) is 0 Å². The van der Waals surface area contributed by atoms with Gasteiger partial charge in [-0.15, -0.1) is 0 Å². The van der Waals surface area contributed by atoms with Crippen LogP contribution < -0.4 is 4.74 Å². The lowest BCUT2D eigenvalue weighted by molar-refractivity contribution is -0.230. The van der Waals surface area contributed by atoms with E-state index in [-0.39, 0.29) is 17.7 Å². The van der Waals surface area contributed by atoms with E-state index in [2.05, 4.69) is 6.92 Å². The van der Waals surface area contributed by atoms with Crippen molar-refractivity contribution in [1.82, 2.24) is 0 Å². The molecule has 3 aromatic rings. The van der Waals surface area contributed by atoms with Gasteiger partial charge in [0.2, 0.25) is 0 Å². The fraction of sp³-hybridized carbons (Fsp3) is 0.467. The molecule has 1 fully saturated rings. The second-order valence-corrected chi connectivity index (χ2v) is 9.62. The van der Waals surface area contributed by atoms with Crippen LogP contribution in [0.25, 0.3) is 10.8 Å². The molecule has 0 amide bonds. The van der Waals surface area contributed by atoms with Gasteiger partial charge in [0.25, 0.3) is 0 Å². The molecule has 0 aliphatic carbocycles. The van der Waals surface area contributed by atoms with E-state index in [4.69, 9.17) is 18.9 Å². The van der Waals surface area contributed by atoms with Crippen LogP contribution >= 0.6 is 0 Å². The van der Waals surface area contributed by atoms with Crippen molar-refractivity contribution in [2.45, 2.75) is 64.0 Å². The molecule has 0 saturated carbocycles. The summed E-state index contributed by atoms with van der Waals surface area (Å²) in [7, 11) is 0. The molecule has 1 aliphatic rings. The van der Waals surface area contributed by atoms with Crippen molar-refractivity contribution in [3.63, 3.8) is 0 Å². The molecule has 0 aromatic heterocycles. The molecule has 3 aromatic carbocycles. The minimum Gasteiger partial charge on any atom is -0.484 e. The monoisotopic (exact) mass is 534 g/mol. The minimum absolute atomic E-state index is 0.0723. The maximum absolute atomic E-state index is 15.3. The zero-order valence-corrected chi connectivity index (χ0v) is 21.6. The number of unbranched alkanes of at least 4 members (excludes halogenated alkanes) is 3. The normalized spacial score (nSPS) is 18.1. The van der Waals surface area contributed by atoms with Gasteiger partial charge in [-0.25, -0.2) is 4.39 Å². The van der Waals surface area contributed by atoms with Crippen LogP contribution in [-0.4, -0.2) is 38.7 Å². The molecule has 8 heteroatoms. The van der Waals surface area contributed by atoms with Crippen molar-refractivity contribution < 1.29 is 36.5 Å². The molecule has 0 atom stereocenters. The first-order valence-corrected chi connectivity index (χ1v) is 13.2. The molecular formula is C30H34F4O4. The summed E-state index contributed by atoms with van der Waals surface area (Å²) < 4.78 is 74.5. The van der Waals surface area contributed by atoms with Gasteiger partial charge in [-0.05, 0) is 54.0 Å². The van der Waals surface area contributed by atoms with Crippen molar-refractivity contribution >= 4 is 10.8 Å². The quantitative estimate of drug-likeness (QED) is 0.176. The fourth-order valence-electron chi connectivity index (χ4n) is 4.44. The van der Waals surface area contributed by atoms with E-state index in [1.54, 1.807) is 24.3 Å². The lowest BCUT2D eigenvalue weighted by Crippen LogP contribution is -2.33. The Labute approximate surface area is 220 Å². The summed E-state index contributed by atoms with van der Waals surface area (Å²) in [5.74, 6) is -0.128. The maximum atomic E-state index is 15.3. The maximum Gasteiger partial charge on any atom is 0.422 e. The first-order valence-electron chi connectivity index (χ1n) is 13.2. The van der Waals surface area contributed by atoms with E-state index >= 15 is 4.39 Å². The molecule has 0 spiro atoms. The first-order chi connectivity index (χ1) is 18.3.